The van der Waals surface area contributed by atoms with Crippen LogP contribution in [0.25, 0.3) is 0 Å². The fourth-order valence-electron chi connectivity index (χ4n) is 6.14. The van der Waals surface area contributed by atoms with Crippen LogP contribution in [-0.2, 0) is 26.2 Å². The van der Waals surface area contributed by atoms with Crippen molar-refractivity contribution in [3.05, 3.63) is 34.9 Å². The number of fused-ring (bicyclic) bond motifs is 3. The first kappa shape index (κ1) is 21.4. The Labute approximate surface area is 181 Å². The van der Waals surface area contributed by atoms with Gasteiger partial charge in [-0.05, 0) is 77.9 Å². The van der Waals surface area contributed by atoms with E-state index < -0.39 is 0 Å². The van der Waals surface area contributed by atoms with E-state index in [2.05, 4.69) is 51.2 Å². The van der Waals surface area contributed by atoms with E-state index in [1.54, 1.807) is 0 Å². The van der Waals surface area contributed by atoms with Crippen LogP contribution in [0.3, 0.4) is 0 Å². The van der Waals surface area contributed by atoms with Crippen molar-refractivity contribution in [1.29, 1.82) is 0 Å². The van der Waals surface area contributed by atoms with Crippen LogP contribution in [0.15, 0.2) is 18.2 Å². The molecule has 2 saturated carbocycles. The molecule has 0 aliphatic heterocycles. The highest BCUT2D eigenvalue weighted by molar-refractivity contribution is 5.82. The molecule has 1 N–H and O–H groups in total. The first-order valence-corrected chi connectivity index (χ1v) is 11.8. The molecule has 0 saturated heterocycles. The molecule has 4 heteroatoms. The number of ether oxygens (including phenoxy) is 1. The third-order valence-corrected chi connectivity index (χ3v) is 8.11. The second kappa shape index (κ2) is 8.01. The van der Waals surface area contributed by atoms with Crippen LogP contribution < -0.4 is 5.32 Å². The largest absolute Gasteiger partial charge is 0.455 e. The SMILES string of the molecule is CC(C)c1ccc2c(c1)CCC1C(C)(CNC(=O)COC(=O)C3CC3)CCCC21C. The van der Waals surface area contributed by atoms with Gasteiger partial charge in [0.05, 0.1) is 5.92 Å². The number of carbonyl (C=O) groups excluding carboxylic acids is 2. The van der Waals surface area contributed by atoms with Gasteiger partial charge in [-0.3, -0.25) is 9.59 Å². The van der Waals surface area contributed by atoms with Gasteiger partial charge >= 0.3 is 5.97 Å². The van der Waals surface area contributed by atoms with Crippen molar-refractivity contribution >= 4 is 11.9 Å². The predicted octanol–water partition coefficient (Wildman–Crippen LogP) is 4.89. The number of esters is 1. The van der Waals surface area contributed by atoms with Gasteiger partial charge in [0.25, 0.3) is 5.91 Å². The van der Waals surface area contributed by atoms with Crippen molar-refractivity contribution in [1.82, 2.24) is 5.32 Å². The molecule has 30 heavy (non-hydrogen) atoms. The quantitative estimate of drug-likeness (QED) is 0.678. The molecule has 4 rings (SSSR count). The summed E-state index contributed by atoms with van der Waals surface area (Å²) >= 11 is 0. The lowest BCUT2D eigenvalue weighted by molar-refractivity contribution is -0.150. The summed E-state index contributed by atoms with van der Waals surface area (Å²) in [5.74, 6) is 0.751. The maximum Gasteiger partial charge on any atom is 0.309 e. The Morgan fingerprint density at radius 3 is 2.63 bits per heavy atom. The molecule has 1 amide bonds. The summed E-state index contributed by atoms with van der Waals surface area (Å²) in [6.45, 7) is 9.83. The highest BCUT2D eigenvalue weighted by Gasteiger charge is 2.51. The molecule has 0 spiro atoms. The number of nitrogens with one attached hydrogen (secondary N) is 1. The number of aryl methyl sites for hydroxylation is 1. The minimum Gasteiger partial charge on any atom is -0.455 e. The van der Waals surface area contributed by atoms with Crippen molar-refractivity contribution in [2.75, 3.05) is 13.2 Å². The molecule has 3 atom stereocenters. The molecule has 4 nitrogen and oxygen atoms in total. The number of benzene rings is 1. The molecule has 3 unspecified atom stereocenters. The monoisotopic (exact) mass is 411 g/mol. The van der Waals surface area contributed by atoms with Gasteiger partial charge in [-0.15, -0.1) is 0 Å². The fourth-order valence-corrected chi connectivity index (χ4v) is 6.14. The van der Waals surface area contributed by atoms with E-state index in [-0.39, 0.29) is 35.2 Å². The minimum absolute atomic E-state index is 0.0351. The van der Waals surface area contributed by atoms with Gasteiger partial charge in [0.15, 0.2) is 6.61 Å². The first-order chi connectivity index (χ1) is 14.2. The normalized spacial score (nSPS) is 30.4. The van der Waals surface area contributed by atoms with Crippen LogP contribution in [0.2, 0.25) is 0 Å². The number of rotatable bonds is 6. The Hall–Kier alpha value is -1.84. The van der Waals surface area contributed by atoms with Crippen molar-refractivity contribution in [3.8, 4) is 0 Å². The summed E-state index contributed by atoms with van der Waals surface area (Å²) in [5.41, 5.74) is 4.72. The second-order valence-electron chi connectivity index (χ2n) is 10.7. The zero-order chi connectivity index (χ0) is 21.5. The summed E-state index contributed by atoms with van der Waals surface area (Å²) in [4.78, 5) is 24.0. The Morgan fingerprint density at radius 1 is 1.17 bits per heavy atom. The van der Waals surface area contributed by atoms with Crippen molar-refractivity contribution in [2.45, 2.75) is 84.0 Å². The Kier molecular flexibility index (Phi) is 5.71. The van der Waals surface area contributed by atoms with Crippen LogP contribution in [-0.4, -0.2) is 25.0 Å². The molecule has 3 aliphatic rings. The number of hydrogen-bond acceptors (Lipinski definition) is 3. The molecule has 3 aliphatic carbocycles. The average Bonchev–Trinajstić information content (AvgIpc) is 3.55. The zero-order valence-electron chi connectivity index (χ0n) is 19.1. The van der Waals surface area contributed by atoms with Crippen molar-refractivity contribution in [2.24, 2.45) is 17.3 Å². The highest BCUT2D eigenvalue weighted by Crippen LogP contribution is 2.57. The zero-order valence-corrected chi connectivity index (χ0v) is 19.1. The van der Waals surface area contributed by atoms with E-state index in [4.69, 9.17) is 4.74 Å². The maximum absolute atomic E-state index is 12.3. The molecule has 0 bridgehead atoms. The third-order valence-electron chi connectivity index (χ3n) is 8.11. The number of carbonyl (C=O) groups is 2. The van der Waals surface area contributed by atoms with Gasteiger partial charge < -0.3 is 10.1 Å². The summed E-state index contributed by atoms with van der Waals surface area (Å²) in [5, 5.41) is 3.09. The van der Waals surface area contributed by atoms with Crippen LogP contribution in [0, 0.1) is 17.3 Å². The average molecular weight is 412 g/mol. The molecule has 0 radical (unpaired) electrons. The maximum atomic E-state index is 12.3. The van der Waals surface area contributed by atoms with Crippen LogP contribution in [0.4, 0.5) is 0 Å². The molecule has 0 aromatic heterocycles. The first-order valence-electron chi connectivity index (χ1n) is 11.8. The van der Waals surface area contributed by atoms with E-state index >= 15 is 0 Å². The van der Waals surface area contributed by atoms with Gasteiger partial charge in [-0.25, -0.2) is 0 Å². The van der Waals surface area contributed by atoms with E-state index in [0.29, 0.717) is 18.4 Å². The summed E-state index contributed by atoms with van der Waals surface area (Å²) in [6.07, 6.45) is 7.63. The summed E-state index contributed by atoms with van der Waals surface area (Å²) in [6, 6.07) is 7.14. The van der Waals surface area contributed by atoms with Crippen LogP contribution >= 0.6 is 0 Å². The second-order valence-corrected chi connectivity index (χ2v) is 10.7. The van der Waals surface area contributed by atoms with E-state index in [1.165, 1.54) is 36.0 Å². The van der Waals surface area contributed by atoms with Gasteiger partial charge in [0.2, 0.25) is 0 Å². The Bertz CT molecular complexity index is 828. The summed E-state index contributed by atoms with van der Waals surface area (Å²) < 4.78 is 5.15. The van der Waals surface area contributed by atoms with E-state index in [9.17, 15) is 9.59 Å². The Balaban J connectivity index is 1.45. The van der Waals surface area contributed by atoms with Crippen LogP contribution in [0.5, 0.6) is 0 Å². The molecule has 1 aromatic carbocycles. The molecular weight excluding hydrogens is 374 g/mol. The lowest BCUT2D eigenvalue weighted by atomic mass is 9.49. The molecule has 1 aromatic rings. The van der Waals surface area contributed by atoms with Crippen LogP contribution in [0.1, 0.15) is 88.8 Å². The fraction of sp³-hybridized carbons (Fsp3) is 0.692. The standard InChI is InChI=1S/C26H37NO3/c1-17(2)19-8-10-21-20(14-19)9-11-22-25(3,12-5-13-26(21,22)4)16-27-23(28)15-30-24(29)18-6-7-18/h8,10,14,17-18,22H,5-7,9,11-13,15-16H2,1-4H3,(H,27,28). The van der Waals surface area contributed by atoms with Gasteiger partial charge in [0, 0.05) is 6.54 Å². The lowest BCUT2D eigenvalue weighted by Crippen LogP contribution is -2.53. The lowest BCUT2D eigenvalue weighted by Gasteiger charge is -2.55. The third kappa shape index (κ3) is 4.02. The number of amides is 1. The van der Waals surface area contributed by atoms with Crippen molar-refractivity contribution < 1.29 is 14.3 Å². The van der Waals surface area contributed by atoms with E-state index in [0.717, 1.165) is 25.7 Å². The van der Waals surface area contributed by atoms with Gasteiger partial charge in [0.1, 0.15) is 0 Å². The molecule has 164 valence electrons. The van der Waals surface area contributed by atoms with Gasteiger partial charge in [-0.2, -0.15) is 0 Å². The molecule has 2 fully saturated rings. The predicted molar refractivity (Wildman–Crippen MR) is 118 cm³/mol. The summed E-state index contributed by atoms with van der Waals surface area (Å²) in [7, 11) is 0. The topological polar surface area (TPSA) is 55.4 Å². The molecule has 0 heterocycles. The molecular formula is C26H37NO3. The number of hydrogen-bond donors (Lipinski definition) is 1. The van der Waals surface area contributed by atoms with Crippen molar-refractivity contribution in [3.63, 3.8) is 0 Å². The van der Waals surface area contributed by atoms with E-state index in [1.807, 2.05) is 0 Å². The Morgan fingerprint density at radius 2 is 1.93 bits per heavy atom. The minimum atomic E-state index is -0.216. The smallest absolute Gasteiger partial charge is 0.309 e. The van der Waals surface area contributed by atoms with Gasteiger partial charge in [-0.1, -0.05) is 52.3 Å². The highest BCUT2D eigenvalue weighted by atomic mass is 16.5.